The first-order valence-electron chi connectivity index (χ1n) is 6.68. The standard InChI is InChI=1S/C13H14F2N4O3/c14-9-1-7(19-4-8(3-16)22-13(19)21)2-10(15)12(9)18-5-11(20)17-6-18/h1-2,8H,3-6,16H2,(H,17,20)/t8-/m1/s1. The molecule has 0 saturated carbocycles. The van der Waals surface area contributed by atoms with E-state index in [1.807, 2.05) is 0 Å². The van der Waals surface area contributed by atoms with Gasteiger partial charge in [0.25, 0.3) is 0 Å². The van der Waals surface area contributed by atoms with Gasteiger partial charge in [0.15, 0.2) is 11.6 Å². The third-order valence-electron chi connectivity index (χ3n) is 3.57. The van der Waals surface area contributed by atoms with E-state index >= 15 is 0 Å². The van der Waals surface area contributed by atoms with Crippen LogP contribution in [0.2, 0.25) is 0 Å². The van der Waals surface area contributed by atoms with Crippen LogP contribution in [-0.2, 0) is 9.53 Å². The van der Waals surface area contributed by atoms with E-state index in [0.29, 0.717) is 0 Å². The van der Waals surface area contributed by atoms with Crippen LogP contribution in [0.5, 0.6) is 0 Å². The Balaban J connectivity index is 1.89. The van der Waals surface area contributed by atoms with Gasteiger partial charge in [-0.05, 0) is 0 Å². The molecule has 1 atom stereocenters. The molecule has 1 aromatic rings. The SMILES string of the molecule is NC[C@@H]1CN(c2cc(F)c(N3CNC(=O)C3)c(F)c2)C(=O)O1. The molecule has 0 bridgehead atoms. The van der Waals surface area contributed by atoms with E-state index in [-0.39, 0.29) is 43.6 Å². The van der Waals surface area contributed by atoms with E-state index in [1.54, 1.807) is 0 Å². The van der Waals surface area contributed by atoms with Crippen molar-refractivity contribution in [2.45, 2.75) is 6.10 Å². The summed E-state index contributed by atoms with van der Waals surface area (Å²) in [7, 11) is 0. The lowest BCUT2D eigenvalue weighted by atomic mass is 10.2. The van der Waals surface area contributed by atoms with Crippen LogP contribution in [0.1, 0.15) is 0 Å². The molecule has 3 N–H and O–H groups in total. The third-order valence-corrected chi connectivity index (χ3v) is 3.57. The first-order valence-corrected chi connectivity index (χ1v) is 6.68. The highest BCUT2D eigenvalue weighted by molar-refractivity contribution is 5.90. The Kier molecular flexibility index (Phi) is 3.57. The number of ether oxygens (including phenoxy) is 1. The number of amides is 2. The van der Waals surface area contributed by atoms with E-state index in [2.05, 4.69) is 5.32 Å². The van der Waals surface area contributed by atoms with Gasteiger partial charge >= 0.3 is 6.09 Å². The molecule has 7 nitrogen and oxygen atoms in total. The fraction of sp³-hybridized carbons (Fsp3) is 0.385. The molecule has 1 aromatic carbocycles. The van der Waals surface area contributed by atoms with Crippen molar-refractivity contribution in [1.82, 2.24) is 5.32 Å². The molecule has 118 valence electrons. The number of hydrogen-bond donors (Lipinski definition) is 2. The number of rotatable bonds is 3. The zero-order chi connectivity index (χ0) is 15.9. The Morgan fingerprint density at radius 1 is 1.32 bits per heavy atom. The van der Waals surface area contributed by atoms with Gasteiger partial charge in [-0.2, -0.15) is 0 Å². The zero-order valence-corrected chi connectivity index (χ0v) is 11.5. The second-order valence-electron chi connectivity index (χ2n) is 5.07. The van der Waals surface area contributed by atoms with Gasteiger partial charge < -0.3 is 20.7 Å². The lowest BCUT2D eigenvalue weighted by molar-refractivity contribution is -0.118. The summed E-state index contributed by atoms with van der Waals surface area (Å²) in [5, 5.41) is 2.47. The van der Waals surface area contributed by atoms with Crippen LogP contribution < -0.4 is 20.9 Å². The van der Waals surface area contributed by atoms with Gasteiger partial charge in [0.05, 0.1) is 25.4 Å². The Hall–Kier alpha value is -2.42. The third kappa shape index (κ3) is 2.43. The van der Waals surface area contributed by atoms with Gasteiger partial charge in [0.1, 0.15) is 11.8 Å². The molecule has 2 aliphatic heterocycles. The fourth-order valence-corrected chi connectivity index (χ4v) is 2.49. The van der Waals surface area contributed by atoms with Crippen LogP contribution in [0.25, 0.3) is 0 Å². The molecular formula is C13H14F2N4O3. The van der Waals surface area contributed by atoms with Crippen LogP contribution in [0.3, 0.4) is 0 Å². The van der Waals surface area contributed by atoms with Gasteiger partial charge in [0.2, 0.25) is 5.91 Å². The summed E-state index contributed by atoms with van der Waals surface area (Å²) in [6.07, 6.45) is -1.20. The van der Waals surface area contributed by atoms with Crippen molar-refractivity contribution in [3.8, 4) is 0 Å². The predicted molar refractivity (Wildman–Crippen MR) is 73.4 cm³/mol. The quantitative estimate of drug-likeness (QED) is 0.829. The van der Waals surface area contributed by atoms with Crippen LogP contribution in [0.4, 0.5) is 25.0 Å². The Morgan fingerprint density at radius 2 is 2.00 bits per heavy atom. The van der Waals surface area contributed by atoms with Crippen molar-refractivity contribution in [2.75, 3.05) is 36.1 Å². The maximum absolute atomic E-state index is 14.2. The molecule has 2 saturated heterocycles. The second kappa shape index (κ2) is 5.41. The van der Waals surface area contributed by atoms with E-state index in [1.165, 1.54) is 4.90 Å². The van der Waals surface area contributed by atoms with Crippen LogP contribution >= 0.6 is 0 Å². The largest absolute Gasteiger partial charge is 0.443 e. The number of carbonyl (C=O) groups excluding carboxylic acids is 2. The fourth-order valence-electron chi connectivity index (χ4n) is 2.49. The Bertz CT molecular complexity index is 617. The molecule has 0 aromatic heterocycles. The molecule has 2 amide bonds. The summed E-state index contributed by atoms with van der Waals surface area (Å²) >= 11 is 0. The normalized spacial score (nSPS) is 21.3. The molecule has 2 heterocycles. The minimum Gasteiger partial charge on any atom is -0.443 e. The van der Waals surface area contributed by atoms with Crippen LogP contribution in [-0.4, -0.2) is 44.4 Å². The summed E-state index contributed by atoms with van der Waals surface area (Å²) in [4.78, 5) is 25.2. The average Bonchev–Trinajstić information content (AvgIpc) is 3.04. The van der Waals surface area contributed by atoms with Gasteiger partial charge in [-0.15, -0.1) is 0 Å². The number of halogens is 2. The molecule has 9 heteroatoms. The summed E-state index contributed by atoms with van der Waals surface area (Å²) in [5.41, 5.74) is 5.17. The lowest BCUT2D eigenvalue weighted by Gasteiger charge is -2.20. The van der Waals surface area contributed by atoms with Gasteiger partial charge in [-0.25, -0.2) is 13.6 Å². The molecule has 22 heavy (non-hydrogen) atoms. The maximum atomic E-state index is 14.2. The number of nitrogens with zero attached hydrogens (tertiary/aromatic N) is 2. The first kappa shape index (κ1) is 14.5. The Labute approximate surface area is 124 Å². The molecule has 0 spiro atoms. The monoisotopic (exact) mass is 312 g/mol. The van der Waals surface area contributed by atoms with E-state index in [0.717, 1.165) is 17.0 Å². The molecule has 0 radical (unpaired) electrons. The minimum atomic E-state index is -0.851. The number of anilines is 2. The smallest absolute Gasteiger partial charge is 0.414 e. The van der Waals surface area contributed by atoms with Gasteiger partial charge in [-0.1, -0.05) is 0 Å². The first-order chi connectivity index (χ1) is 10.5. The number of hydrogen-bond acceptors (Lipinski definition) is 5. The van der Waals surface area contributed by atoms with Gasteiger partial charge in [0, 0.05) is 18.7 Å². The summed E-state index contributed by atoms with van der Waals surface area (Å²) < 4.78 is 33.4. The molecule has 2 fully saturated rings. The van der Waals surface area contributed by atoms with Crippen molar-refractivity contribution in [3.05, 3.63) is 23.8 Å². The highest BCUT2D eigenvalue weighted by atomic mass is 19.1. The summed E-state index contributed by atoms with van der Waals surface area (Å²) in [5.74, 6) is -2.01. The summed E-state index contributed by atoms with van der Waals surface area (Å²) in [6, 6.07) is 2.09. The molecule has 2 aliphatic rings. The number of nitrogens with two attached hydrogens (primary N) is 1. The van der Waals surface area contributed by atoms with Crippen molar-refractivity contribution in [3.63, 3.8) is 0 Å². The van der Waals surface area contributed by atoms with Crippen molar-refractivity contribution in [1.29, 1.82) is 0 Å². The predicted octanol–water partition coefficient (Wildman–Crippen LogP) is 0.142. The molecular weight excluding hydrogens is 298 g/mol. The average molecular weight is 312 g/mol. The second-order valence-corrected chi connectivity index (χ2v) is 5.07. The summed E-state index contributed by atoms with van der Waals surface area (Å²) in [6.45, 7) is 0.186. The van der Waals surface area contributed by atoms with E-state index in [4.69, 9.17) is 10.5 Å². The number of carbonyl (C=O) groups is 2. The number of cyclic esters (lactones) is 1. The van der Waals surface area contributed by atoms with Crippen molar-refractivity contribution in [2.24, 2.45) is 5.73 Å². The maximum Gasteiger partial charge on any atom is 0.414 e. The van der Waals surface area contributed by atoms with E-state index < -0.39 is 23.8 Å². The highest BCUT2D eigenvalue weighted by Crippen LogP contribution is 2.31. The van der Waals surface area contributed by atoms with Crippen molar-refractivity contribution < 1.29 is 23.1 Å². The molecule has 3 rings (SSSR count). The molecule has 0 unspecified atom stereocenters. The van der Waals surface area contributed by atoms with E-state index in [9.17, 15) is 18.4 Å². The zero-order valence-electron chi connectivity index (χ0n) is 11.5. The number of nitrogens with one attached hydrogen (secondary N) is 1. The van der Waals surface area contributed by atoms with Crippen LogP contribution in [0.15, 0.2) is 12.1 Å². The minimum absolute atomic E-state index is 0.0347. The highest BCUT2D eigenvalue weighted by Gasteiger charge is 2.33. The van der Waals surface area contributed by atoms with Crippen molar-refractivity contribution >= 4 is 23.4 Å². The molecule has 0 aliphatic carbocycles. The topological polar surface area (TPSA) is 87.9 Å². The Morgan fingerprint density at radius 3 is 2.50 bits per heavy atom. The lowest BCUT2D eigenvalue weighted by Crippen LogP contribution is -2.28. The van der Waals surface area contributed by atoms with Gasteiger partial charge in [-0.3, -0.25) is 9.69 Å². The number of benzene rings is 1. The van der Waals surface area contributed by atoms with Crippen LogP contribution in [0, 0.1) is 11.6 Å².